The molecule has 1 fully saturated rings. The average molecular weight is 336 g/mol. The summed E-state index contributed by atoms with van der Waals surface area (Å²) in [4.78, 5) is 11.7. The van der Waals surface area contributed by atoms with Gasteiger partial charge in [0.05, 0.1) is 12.1 Å². The van der Waals surface area contributed by atoms with Crippen LogP contribution in [0.1, 0.15) is 0 Å². The van der Waals surface area contributed by atoms with Gasteiger partial charge in [-0.2, -0.15) is 0 Å². The third kappa shape index (κ3) is 2.90. The maximum absolute atomic E-state index is 11.7. The van der Waals surface area contributed by atoms with E-state index in [4.69, 9.17) is 9.84 Å². The summed E-state index contributed by atoms with van der Waals surface area (Å²) in [6.07, 6.45) is -5.12. The van der Waals surface area contributed by atoms with Crippen LogP contribution in [0.3, 0.4) is 0 Å². The lowest BCUT2D eigenvalue weighted by molar-refractivity contribution is -0.245. The Morgan fingerprint density at radius 2 is 1.88 bits per heavy atom. The molecular weight excluding hydrogens is 316 g/mol. The summed E-state index contributed by atoms with van der Waals surface area (Å²) in [5, 5.41) is 43.0. The van der Waals surface area contributed by atoms with E-state index in [0.29, 0.717) is 11.2 Å². The molecule has 0 radical (unpaired) electrons. The van der Waals surface area contributed by atoms with Gasteiger partial charge in [0.15, 0.2) is 6.29 Å². The minimum Gasteiger partial charge on any atom is -0.394 e. The van der Waals surface area contributed by atoms with E-state index in [-0.39, 0.29) is 5.56 Å². The third-order valence-corrected chi connectivity index (χ3v) is 4.36. The van der Waals surface area contributed by atoms with Crippen molar-refractivity contribution in [3.05, 3.63) is 40.7 Å². The van der Waals surface area contributed by atoms with Gasteiger partial charge in [0.25, 0.3) is 5.56 Å². The number of benzene rings is 1. The summed E-state index contributed by atoms with van der Waals surface area (Å²) < 4.78 is 6.60. The number of aryl methyl sites for hydroxylation is 1. The Balaban J connectivity index is 1.89. The molecule has 3 unspecified atom stereocenters. The van der Waals surface area contributed by atoms with Crippen molar-refractivity contribution in [3.8, 4) is 0 Å². The first-order valence-electron chi connectivity index (χ1n) is 7.59. The van der Waals surface area contributed by atoms with Gasteiger partial charge in [-0.3, -0.25) is 4.79 Å². The van der Waals surface area contributed by atoms with Crippen LogP contribution in [-0.2, 0) is 11.8 Å². The van der Waals surface area contributed by atoms with Crippen molar-refractivity contribution in [2.45, 2.75) is 30.6 Å². The van der Waals surface area contributed by atoms with Crippen LogP contribution in [0.4, 0.5) is 5.69 Å². The Bertz CT molecular complexity index is 792. The first kappa shape index (κ1) is 16.9. The summed E-state index contributed by atoms with van der Waals surface area (Å²) in [7, 11) is 1.65. The molecule has 8 nitrogen and oxygen atoms in total. The number of anilines is 1. The van der Waals surface area contributed by atoms with Crippen molar-refractivity contribution in [3.63, 3.8) is 0 Å². The van der Waals surface area contributed by atoms with Gasteiger partial charge in [-0.25, -0.2) is 0 Å². The quantitative estimate of drug-likeness (QED) is 0.474. The fourth-order valence-electron chi connectivity index (χ4n) is 2.90. The number of fused-ring (bicyclic) bond motifs is 1. The van der Waals surface area contributed by atoms with Crippen LogP contribution in [0, 0.1) is 0 Å². The van der Waals surface area contributed by atoms with Gasteiger partial charge in [-0.05, 0) is 23.6 Å². The summed E-state index contributed by atoms with van der Waals surface area (Å²) >= 11 is 0. The number of aliphatic hydroxyl groups excluding tert-OH is 4. The van der Waals surface area contributed by atoms with Gasteiger partial charge < -0.3 is 35.0 Å². The predicted octanol–water partition coefficient (Wildman–Crippen LogP) is -1.25. The van der Waals surface area contributed by atoms with Gasteiger partial charge in [0.1, 0.15) is 24.4 Å². The molecule has 0 amide bonds. The van der Waals surface area contributed by atoms with Crippen molar-refractivity contribution in [1.29, 1.82) is 0 Å². The van der Waals surface area contributed by atoms with Gasteiger partial charge in [-0.15, -0.1) is 0 Å². The summed E-state index contributed by atoms with van der Waals surface area (Å²) in [6, 6.07) is 7.44. The monoisotopic (exact) mass is 336 g/mol. The predicted molar refractivity (Wildman–Crippen MR) is 86.6 cm³/mol. The van der Waals surface area contributed by atoms with Crippen molar-refractivity contribution >= 4 is 16.6 Å². The highest BCUT2D eigenvalue weighted by Gasteiger charge is 2.43. The van der Waals surface area contributed by atoms with Gasteiger partial charge in [0, 0.05) is 18.8 Å². The standard InChI is InChI=1S/C16H20N2O6/c1-18-10-6-9(4-2-8(10)3-5-12(18)20)17-13-15(22)14(21)11(7-19)24-16(13)23/h2-6,11,13-17,19,21-23H,7H2,1H3/t11?,13?,14-,15-,16?/m1/s1. The van der Waals surface area contributed by atoms with Crippen molar-refractivity contribution in [1.82, 2.24) is 4.57 Å². The number of aromatic nitrogens is 1. The van der Waals surface area contributed by atoms with E-state index in [1.165, 1.54) is 10.6 Å². The van der Waals surface area contributed by atoms with Crippen LogP contribution >= 0.6 is 0 Å². The lowest BCUT2D eigenvalue weighted by Gasteiger charge is -2.40. The molecule has 0 spiro atoms. The molecule has 0 bridgehead atoms. The molecule has 1 aliphatic heterocycles. The number of hydrogen-bond acceptors (Lipinski definition) is 7. The summed E-state index contributed by atoms with van der Waals surface area (Å²) in [6.45, 7) is -0.514. The molecule has 3 rings (SSSR count). The largest absolute Gasteiger partial charge is 0.394 e. The van der Waals surface area contributed by atoms with E-state index < -0.39 is 37.3 Å². The number of ether oxygens (including phenoxy) is 1. The molecule has 24 heavy (non-hydrogen) atoms. The lowest BCUT2D eigenvalue weighted by atomic mass is 9.97. The van der Waals surface area contributed by atoms with Crippen LogP contribution in [0.2, 0.25) is 0 Å². The molecule has 130 valence electrons. The molecule has 1 aromatic heterocycles. The van der Waals surface area contributed by atoms with E-state index in [9.17, 15) is 20.1 Å². The highest BCUT2D eigenvalue weighted by Crippen LogP contribution is 2.24. The molecule has 5 atom stereocenters. The molecular formula is C16H20N2O6. The number of pyridine rings is 1. The number of rotatable bonds is 3. The molecule has 8 heteroatoms. The highest BCUT2D eigenvalue weighted by molar-refractivity contribution is 5.82. The van der Waals surface area contributed by atoms with Crippen LogP contribution in [0.15, 0.2) is 35.1 Å². The molecule has 5 N–H and O–H groups in total. The zero-order valence-corrected chi connectivity index (χ0v) is 13.0. The van der Waals surface area contributed by atoms with E-state index >= 15 is 0 Å². The second-order valence-corrected chi connectivity index (χ2v) is 5.90. The normalized spacial score (nSPS) is 30.5. The molecule has 2 aromatic rings. The van der Waals surface area contributed by atoms with Crippen LogP contribution in [0.25, 0.3) is 10.9 Å². The third-order valence-electron chi connectivity index (χ3n) is 4.36. The molecule has 2 heterocycles. The van der Waals surface area contributed by atoms with E-state index in [1.54, 1.807) is 31.3 Å². The van der Waals surface area contributed by atoms with Gasteiger partial charge >= 0.3 is 0 Å². The molecule has 1 aliphatic rings. The van der Waals surface area contributed by atoms with Crippen LogP contribution in [-0.4, -0.2) is 62.2 Å². The van der Waals surface area contributed by atoms with Crippen LogP contribution < -0.4 is 10.9 Å². The zero-order chi connectivity index (χ0) is 17.4. The Hall–Kier alpha value is -1.97. The van der Waals surface area contributed by atoms with Crippen molar-refractivity contribution in [2.75, 3.05) is 11.9 Å². The maximum atomic E-state index is 11.7. The number of nitrogens with one attached hydrogen (secondary N) is 1. The van der Waals surface area contributed by atoms with E-state index in [1.807, 2.05) is 0 Å². The van der Waals surface area contributed by atoms with Gasteiger partial charge in [0.2, 0.25) is 0 Å². The highest BCUT2D eigenvalue weighted by atomic mass is 16.6. The summed E-state index contributed by atoms with van der Waals surface area (Å²) in [5.74, 6) is 0. The Kier molecular flexibility index (Phi) is 4.57. The number of aliphatic hydroxyl groups is 4. The Morgan fingerprint density at radius 3 is 2.58 bits per heavy atom. The fourth-order valence-corrected chi connectivity index (χ4v) is 2.90. The molecule has 1 saturated heterocycles. The lowest BCUT2D eigenvalue weighted by Crippen LogP contribution is -2.61. The number of hydrogen-bond donors (Lipinski definition) is 5. The topological polar surface area (TPSA) is 124 Å². The van der Waals surface area contributed by atoms with Crippen molar-refractivity contribution < 1.29 is 25.2 Å². The van der Waals surface area contributed by atoms with Crippen LogP contribution in [0.5, 0.6) is 0 Å². The van der Waals surface area contributed by atoms with E-state index in [2.05, 4.69) is 5.32 Å². The first-order valence-corrected chi connectivity index (χ1v) is 7.59. The minimum absolute atomic E-state index is 0.151. The maximum Gasteiger partial charge on any atom is 0.250 e. The smallest absolute Gasteiger partial charge is 0.250 e. The number of nitrogens with zero attached hydrogens (tertiary/aromatic N) is 1. The Labute approximate surface area is 137 Å². The average Bonchev–Trinajstić information content (AvgIpc) is 2.58. The molecule has 0 aliphatic carbocycles. The second kappa shape index (κ2) is 6.50. The fraction of sp³-hybridized carbons (Fsp3) is 0.438. The van der Waals surface area contributed by atoms with Crippen molar-refractivity contribution in [2.24, 2.45) is 7.05 Å². The minimum atomic E-state index is -1.41. The zero-order valence-electron chi connectivity index (χ0n) is 13.0. The summed E-state index contributed by atoms with van der Waals surface area (Å²) in [5.41, 5.74) is 1.08. The molecule has 1 aromatic carbocycles. The van der Waals surface area contributed by atoms with Gasteiger partial charge in [-0.1, -0.05) is 6.07 Å². The second-order valence-electron chi connectivity index (χ2n) is 5.90. The SMILES string of the molecule is Cn1c(=O)ccc2ccc(NC3C(O)OC(CO)[C@@H](O)[C@@H]3O)cc21. The van der Waals surface area contributed by atoms with E-state index in [0.717, 1.165) is 5.39 Å². The molecule has 0 saturated carbocycles. The first-order chi connectivity index (χ1) is 11.4. The Morgan fingerprint density at radius 1 is 1.17 bits per heavy atom.